The largest absolute Gasteiger partial charge is 0.354 e. The molecule has 198 valence electrons. The number of aryl methyl sites for hydroxylation is 2. The molecule has 1 N–H and O–H groups in total. The van der Waals surface area contributed by atoms with Gasteiger partial charge in [0.15, 0.2) is 0 Å². The van der Waals surface area contributed by atoms with Crippen LogP contribution in [-0.4, -0.2) is 50.5 Å². The summed E-state index contributed by atoms with van der Waals surface area (Å²) < 4.78 is 26.6. The van der Waals surface area contributed by atoms with E-state index in [0.29, 0.717) is 34.3 Å². The number of anilines is 1. The molecule has 10 heteroatoms. The zero-order chi connectivity index (χ0) is 27.2. The maximum Gasteiger partial charge on any atom is 0.244 e. The zero-order valence-corrected chi connectivity index (χ0v) is 24.0. The highest BCUT2D eigenvalue weighted by Gasteiger charge is 2.32. The van der Waals surface area contributed by atoms with E-state index in [1.54, 1.807) is 37.3 Å². The van der Waals surface area contributed by atoms with Crippen LogP contribution in [0, 0.1) is 19.8 Å². The number of carbonyl (C=O) groups is 2. The van der Waals surface area contributed by atoms with Crippen LogP contribution in [0.15, 0.2) is 36.4 Å². The van der Waals surface area contributed by atoms with Gasteiger partial charge in [0.25, 0.3) is 0 Å². The molecular weight excluding hydrogens is 521 g/mol. The molecule has 0 fully saturated rings. The Bertz CT molecular complexity index is 1200. The van der Waals surface area contributed by atoms with Crippen molar-refractivity contribution in [2.45, 2.75) is 53.6 Å². The van der Waals surface area contributed by atoms with Crippen LogP contribution < -0.4 is 9.62 Å². The molecule has 0 aromatic heterocycles. The Morgan fingerprint density at radius 2 is 1.69 bits per heavy atom. The lowest BCUT2D eigenvalue weighted by Crippen LogP contribution is -2.52. The third-order valence-electron chi connectivity index (χ3n) is 5.71. The lowest BCUT2D eigenvalue weighted by molar-refractivity contribution is -0.140. The van der Waals surface area contributed by atoms with Crippen molar-refractivity contribution in [3.8, 4) is 0 Å². The van der Waals surface area contributed by atoms with E-state index in [0.717, 1.165) is 21.7 Å². The van der Waals surface area contributed by atoms with E-state index in [2.05, 4.69) is 5.32 Å². The van der Waals surface area contributed by atoms with Crippen molar-refractivity contribution in [2.75, 3.05) is 23.7 Å². The molecule has 0 aliphatic carbocycles. The van der Waals surface area contributed by atoms with Gasteiger partial charge in [0.1, 0.15) is 12.6 Å². The van der Waals surface area contributed by atoms with E-state index in [1.165, 1.54) is 4.90 Å². The summed E-state index contributed by atoms with van der Waals surface area (Å²) in [7, 11) is -3.79. The predicted molar refractivity (Wildman–Crippen MR) is 147 cm³/mol. The molecule has 0 saturated heterocycles. The molecule has 1 atom stereocenters. The molecule has 2 aromatic rings. The summed E-state index contributed by atoms with van der Waals surface area (Å²) in [5, 5.41) is 3.59. The molecule has 2 aromatic carbocycles. The highest BCUT2D eigenvalue weighted by atomic mass is 35.5. The summed E-state index contributed by atoms with van der Waals surface area (Å²) in [6.45, 7) is 9.56. The van der Waals surface area contributed by atoms with Crippen molar-refractivity contribution in [1.82, 2.24) is 10.2 Å². The number of carbonyl (C=O) groups excluding carboxylic acids is 2. The number of nitrogens with one attached hydrogen (secondary N) is 1. The molecule has 0 saturated carbocycles. The quantitative estimate of drug-likeness (QED) is 0.424. The van der Waals surface area contributed by atoms with Crippen molar-refractivity contribution in [2.24, 2.45) is 5.92 Å². The van der Waals surface area contributed by atoms with Crippen LogP contribution in [-0.2, 0) is 26.2 Å². The van der Waals surface area contributed by atoms with E-state index < -0.39 is 28.5 Å². The van der Waals surface area contributed by atoms with Crippen LogP contribution in [0.1, 0.15) is 43.9 Å². The highest BCUT2D eigenvalue weighted by Crippen LogP contribution is 2.26. The molecular formula is C26H35Cl2N3O4S. The van der Waals surface area contributed by atoms with Crippen LogP contribution in [0.5, 0.6) is 0 Å². The first-order valence-corrected chi connectivity index (χ1v) is 14.4. The van der Waals surface area contributed by atoms with Crippen molar-refractivity contribution in [3.05, 3.63) is 63.1 Å². The summed E-state index contributed by atoms with van der Waals surface area (Å²) in [6.07, 6.45) is 1.41. The summed E-state index contributed by atoms with van der Waals surface area (Å²) in [5.74, 6) is -0.564. The number of sulfonamides is 1. The van der Waals surface area contributed by atoms with Crippen molar-refractivity contribution >= 4 is 50.7 Å². The zero-order valence-electron chi connectivity index (χ0n) is 21.6. The standard InChI is InChI=1S/C26H35Cl2N3O4S/c1-7-23(26(33)29-14-17(2)3)30(15-20-9-10-21(27)22(28)13-20)25(32)16-31(36(6,34)35)24-11-8-18(4)12-19(24)5/h8-13,17,23H,7,14-16H2,1-6H3,(H,29,33)/t23-/m0/s1. The minimum atomic E-state index is -3.79. The number of nitrogens with zero attached hydrogens (tertiary/aromatic N) is 2. The van der Waals surface area contributed by atoms with Crippen LogP contribution in [0.4, 0.5) is 5.69 Å². The van der Waals surface area contributed by atoms with Crippen LogP contribution in [0.2, 0.25) is 10.0 Å². The lowest BCUT2D eigenvalue weighted by Gasteiger charge is -2.33. The van der Waals surface area contributed by atoms with Gasteiger partial charge >= 0.3 is 0 Å². The fourth-order valence-electron chi connectivity index (χ4n) is 3.86. The Hall–Kier alpha value is -2.29. The Morgan fingerprint density at radius 3 is 2.22 bits per heavy atom. The molecule has 0 radical (unpaired) electrons. The first kappa shape index (κ1) is 29.9. The number of amides is 2. The van der Waals surface area contributed by atoms with Crippen molar-refractivity contribution < 1.29 is 18.0 Å². The topological polar surface area (TPSA) is 86.8 Å². The molecule has 7 nitrogen and oxygen atoms in total. The van der Waals surface area contributed by atoms with E-state index in [4.69, 9.17) is 23.2 Å². The smallest absolute Gasteiger partial charge is 0.244 e. The minimum Gasteiger partial charge on any atom is -0.354 e. The Morgan fingerprint density at radius 1 is 1.03 bits per heavy atom. The number of benzene rings is 2. The average Bonchev–Trinajstić information content (AvgIpc) is 2.77. The molecule has 0 aliphatic heterocycles. The second kappa shape index (κ2) is 12.8. The van der Waals surface area contributed by atoms with Gasteiger partial charge in [-0.3, -0.25) is 13.9 Å². The molecule has 36 heavy (non-hydrogen) atoms. The maximum atomic E-state index is 13.7. The molecule has 0 spiro atoms. The van der Waals surface area contributed by atoms with E-state index in [9.17, 15) is 18.0 Å². The molecule has 2 rings (SSSR count). The Labute approximate surface area is 224 Å². The fourth-order valence-corrected chi connectivity index (χ4v) is 5.08. The van der Waals surface area contributed by atoms with Crippen molar-refractivity contribution in [3.63, 3.8) is 0 Å². The molecule has 2 amide bonds. The second-order valence-electron chi connectivity index (χ2n) is 9.39. The van der Waals surface area contributed by atoms with Gasteiger partial charge in [-0.15, -0.1) is 0 Å². The van der Waals surface area contributed by atoms with Crippen LogP contribution >= 0.6 is 23.2 Å². The normalized spacial score (nSPS) is 12.4. The van der Waals surface area contributed by atoms with Crippen molar-refractivity contribution in [1.29, 1.82) is 0 Å². The lowest BCUT2D eigenvalue weighted by atomic mass is 10.1. The van der Waals surface area contributed by atoms with E-state index in [-0.39, 0.29) is 18.4 Å². The third-order valence-corrected chi connectivity index (χ3v) is 7.57. The van der Waals surface area contributed by atoms with Gasteiger partial charge in [-0.25, -0.2) is 8.42 Å². The summed E-state index contributed by atoms with van der Waals surface area (Å²) in [6, 6.07) is 9.54. The van der Waals surface area contributed by atoms with Gasteiger partial charge in [-0.2, -0.15) is 0 Å². The number of hydrogen-bond donors (Lipinski definition) is 1. The highest BCUT2D eigenvalue weighted by molar-refractivity contribution is 7.92. The summed E-state index contributed by atoms with van der Waals surface area (Å²) in [5.41, 5.74) is 2.80. The average molecular weight is 557 g/mol. The first-order valence-electron chi connectivity index (χ1n) is 11.8. The van der Waals surface area contributed by atoms with Gasteiger partial charge in [0.05, 0.1) is 22.0 Å². The molecule has 0 heterocycles. The van der Waals surface area contributed by atoms with E-state index >= 15 is 0 Å². The number of halogens is 2. The van der Waals surface area contributed by atoms with Gasteiger partial charge in [-0.1, -0.05) is 67.7 Å². The van der Waals surface area contributed by atoms with Gasteiger partial charge in [0.2, 0.25) is 21.8 Å². The first-order chi connectivity index (χ1) is 16.7. The Balaban J connectivity index is 2.48. The van der Waals surface area contributed by atoms with Gasteiger partial charge < -0.3 is 10.2 Å². The minimum absolute atomic E-state index is 0.0633. The summed E-state index contributed by atoms with van der Waals surface area (Å²) >= 11 is 12.2. The maximum absolute atomic E-state index is 13.7. The number of rotatable bonds is 11. The number of hydrogen-bond acceptors (Lipinski definition) is 4. The molecule has 0 bridgehead atoms. The van der Waals surface area contributed by atoms with E-state index in [1.807, 2.05) is 33.8 Å². The summed E-state index contributed by atoms with van der Waals surface area (Å²) in [4.78, 5) is 28.2. The Kier molecular flexibility index (Phi) is 10.6. The van der Waals surface area contributed by atoms with Crippen LogP contribution in [0.25, 0.3) is 0 Å². The molecule has 0 unspecified atom stereocenters. The second-order valence-corrected chi connectivity index (χ2v) is 12.1. The van der Waals surface area contributed by atoms with Gasteiger partial charge in [-0.05, 0) is 55.5 Å². The monoisotopic (exact) mass is 555 g/mol. The molecule has 0 aliphatic rings. The third kappa shape index (κ3) is 8.11. The predicted octanol–water partition coefficient (Wildman–Crippen LogP) is 4.96. The van der Waals surface area contributed by atoms with Crippen LogP contribution in [0.3, 0.4) is 0 Å². The SMILES string of the molecule is CC[C@@H](C(=O)NCC(C)C)N(Cc1ccc(Cl)c(Cl)c1)C(=O)CN(c1ccc(C)cc1C)S(C)(=O)=O. The van der Waals surface area contributed by atoms with Gasteiger partial charge in [0, 0.05) is 13.1 Å². The fraction of sp³-hybridized carbons (Fsp3) is 0.462.